The molecule has 1 aromatic heterocycles. The molecule has 84 valence electrons. The molecule has 1 aromatic rings. The zero-order valence-electron chi connectivity index (χ0n) is 9.11. The Morgan fingerprint density at radius 3 is 2.73 bits per heavy atom. The van der Waals surface area contributed by atoms with Crippen LogP contribution in [0.2, 0.25) is 0 Å². The van der Waals surface area contributed by atoms with Crippen molar-refractivity contribution in [2.75, 3.05) is 12.3 Å². The Kier molecular flexibility index (Phi) is 3.31. The van der Waals surface area contributed by atoms with Gasteiger partial charge in [-0.15, -0.1) is 0 Å². The highest BCUT2D eigenvalue weighted by molar-refractivity contribution is 5.97. The summed E-state index contributed by atoms with van der Waals surface area (Å²) in [4.78, 5) is 11.6. The van der Waals surface area contributed by atoms with E-state index in [4.69, 9.17) is 10.8 Å². The third kappa shape index (κ3) is 2.47. The number of rotatable bonds is 3. The number of nitrogens with one attached hydrogen (secondary N) is 1. The van der Waals surface area contributed by atoms with Crippen LogP contribution in [0.4, 0.5) is 5.69 Å². The summed E-state index contributed by atoms with van der Waals surface area (Å²) in [6.45, 7) is 3.53. The third-order valence-electron chi connectivity index (χ3n) is 2.04. The van der Waals surface area contributed by atoms with Gasteiger partial charge < -0.3 is 16.2 Å². The number of carbonyl (C=O) groups excluding carboxylic acids is 1. The van der Waals surface area contributed by atoms with Crippen molar-refractivity contribution in [3.63, 3.8) is 0 Å². The summed E-state index contributed by atoms with van der Waals surface area (Å²) in [6, 6.07) is 0. The van der Waals surface area contributed by atoms with E-state index in [0.717, 1.165) is 0 Å². The number of nitrogen functional groups attached to an aromatic ring is 1. The van der Waals surface area contributed by atoms with Gasteiger partial charge in [-0.1, -0.05) is 0 Å². The van der Waals surface area contributed by atoms with E-state index in [1.165, 1.54) is 4.68 Å². The standard InChI is InChI=1S/C9H16N4O2/c1-5(14)4-11-9(15)8-7(10)6(2)12-13(8)3/h5,14H,4,10H2,1-3H3,(H,11,15)/t5-/m1/s1. The largest absolute Gasteiger partial charge is 0.395 e. The van der Waals surface area contributed by atoms with E-state index in [9.17, 15) is 4.79 Å². The maximum Gasteiger partial charge on any atom is 0.271 e. The van der Waals surface area contributed by atoms with Gasteiger partial charge in [-0.2, -0.15) is 5.10 Å². The Morgan fingerprint density at radius 1 is 1.73 bits per heavy atom. The molecule has 1 heterocycles. The first kappa shape index (κ1) is 11.5. The predicted molar refractivity (Wildman–Crippen MR) is 56.4 cm³/mol. The molecular formula is C9H16N4O2. The lowest BCUT2D eigenvalue weighted by Crippen LogP contribution is -2.32. The Bertz CT molecular complexity index is 370. The average molecular weight is 212 g/mol. The number of nitrogens with two attached hydrogens (primary N) is 1. The summed E-state index contributed by atoms with van der Waals surface area (Å²) in [7, 11) is 1.65. The van der Waals surface area contributed by atoms with E-state index in [0.29, 0.717) is 17.1 Å². The lowest BCUT2D eigenvalue weighted by atomic mass is 10.3. The SMILES string of the molecule is Cc1nn(C)c(C(=O)NC[C@@H](C)O)c1N. The molecule has 1 amide bonds. The number of aliphatic hydroxyl groups excluding tert-OH is 1. The van der Waals surface area contributed by atoms with Crippen molar-refractivity contribution in [3.8, 4) is 0 Å². The number of carbonyl (C=O) groups is 1. The van der Waals surface area contributed by atoms with Crippen LogP contribution >= 0.6 is 0 Å². The monoisotopic (exact) mass is 212 g/mol. The topological polar surface area (TPSA) is 93.2 Å². The van der Waals surface area contributed by atoms with Gasteiger partial charge in [-0.05, 0) is 13.8 Å². The molecule has 1 rings (SSSR count). The number of anilines is 1. The summed E-state index contributed by atoms with van der Waals surface area (Å²) in [5, 5.41) is 15.6. The molecule has 15 heavy (non-hydrogen) atoms. The highest BCUT2D eigenvalue weighted by Gasteiger charge is 2.17. The summed E-state index contributed by atoms with van der Waals surface area (Å²) in [6.07, 6.45) is -0.579. The average Bonchev–Trinajstić information content (AvgIpc) is 2.37. The number of amides is 1. The van der Waals surface area contributed by atoms with Gasteiger partial charge in [0.15, 0.2) is 0 Å². The van der Waals surface area contributed by atoms with Gasteiger partial charge >= 0.3 is 0 Å². The first-order valence-electron chi connectivity index (χ1n) is 4.68. The quantitative estimate of drug-likeness (QED) is 0.625. The van der Waals surface area contributed by atoms with Crippen LogP contribution in [0, 0.1) is 6.92 Å². The Morgan fingerprint density at radius 2 is 2.33 bits per heavy atom. The lowest BCUT2D eigenvalue weighted by Gasteiger charge is -2.07. The van der Waals surface area contributed by atoms with Gasteiger partial charge in [0, 0.05) is 13.6 Å². The molecule has 1 atom stereocenters. The fourth-order valence-corrected chi connectivity index (χ4v) is 1.27. The minimum Gasteiger partial charge on any atom is -0.395 e. The molecule has 6 heteroatoms. The molecule has 0 aliphatic rings. The normalized spacial score (nSPS) is 12.5. The molecule has 4 N–H and O–H groups in total. The molecular weight excluding hydrogens is 196 g/mol. The van der Waals surface area contributed by atoms with E-state index < -0.39 is 6.10 Å². The second-order valence-corrected chi connectivity index (χ2v) is 3.53. The molecule has 0 radical (unpaired) electrons. The molecule has 0 aliphatic carbocycles. The summed E-state index contributed by atoms with van der Waals surface area (Å²) < 4.78 is 1.43. The van der Waals surface area contributed by atoms with E-state index in [1.807, 2.05) is 0 Å². The van der Waals surface area contributed by atoms with Crippen LogP contribution in [0.25, 0.3) is 0 Å². The summed E-state index contributed by atoms with van der Waals surface area (Å²) in [5.74, 6) is -0.323. The van der Waals surface area contributed by atoms with Crippen molar-refractivity contribution < 1.29 is 9.90 Å². The highest BCUT2D eigenvalue weighted by Crippen LogP contribution is 2.14. The van der Waals surface area contributed by atoms with Crippen LogP contribution in [0.15, 0.2) is 0 Å². The highest BCUT2D eigenvalue weighted by atomic mass is 16.3. The molecule has 0 bridgehead atoms. The van der Waals surface area contributed by atoms with E-state index in [-0.39, 0.29) is 12.5 Å². The van der Waals surface area contributed by atoms with Crippen molar-refractivity contribution in [2.45, 2.75) is 20.0 Å². The maximum atomic E-state index is 11.6. The molecule has 0 fully saturated rings. The fraction of sp³-hybridized carbons (Fsp3) is 0.556. The second-order valence-electron chi connectivity index (χ2n) is 3.53. The zero-order valence-corrected chi connectivity index (χ0v) is 9.11. The van der Waals surface area contributed by atoms with Crippen LogP contribution in [0.3, 0.4) is 0 Å². The van der Waals surface area contributed by atoms with Gasteiger partial charge in [-0.25, -0.2) is 0 Å². The van der Waals surface area contributed by atoms with E-state index >= 15 is 0 Å². The van der Waals surface area contributed by atoms with Crippen LogP contribution in [-0.2, 0) is 7.05 Å². The molecule has 0 saturated carbocycles. The number of nitrogens with zero attached hydrogens (tertiary/aromatic N) is 2. The molecule has 0 saturated heterocycles. The fourth-order valence-electron chi connectivity index (χ4n) is 1.27. The van der Waals surface area contributed by atoms with Crippen LogP contribution < -0.4 is 11.1 Å². The molecule has 0 aliphatic heterocycles. The van der Waals surface area contributed by atoms with Gasteiger partial charge in [0.05, 0.1) is 17.5 Å². The van der Waals surface area contributed by atoms with Crippen molar-refractivity contribution in [1.82, 2.24) is 15.1 Å². The summed E-state index contributed by atoms with van der Waals surface area (Å²) >= 11 is 0. The van der Waals surface area contributed by atoms with Crippen molar-refractivity contribution in [2.24, 2.45) is 7.05 Å². The van der Waals surface area contributed by atoms with Crippen molar-refractivity contribution in [1.29, 1.82) is 0 Å². The number of aryl methyl sites for hydroxylation is 2. The van der Waals surface area contributed by atoms with Crippen LogP contribution in [0.5, 0.6) is 0 Å². The van der Waals surface area contributed by atoms with E-state index in [1.54, 1.807) is 20.9 Å². The Labute approximate surface area is 88.1 Å². The smallest absolute Gasteiger partial charge is 0.271 e. The maximum absolute atomic E-state index is 11.6. The predicted octanol–water partition coefficient (Wildman–Crippen LogP) is -0.579. The molecule has 0 unspecified atom stereocenters. The zero-order chi connectivity index (χ0) is 11.6. The summed E-state index contributed by atoms with van der Waals surface area (Å²) in [5.41, 5.74) is 7.03. The number of hydrogen-bond donors (Lipinski definition) is 3. The number of aliphatic hydroxyl groups is 1. The minimum absolute atomic E-state index is 0.197. The van der Waals surface area contributed by atoms with Gasteiger partial charge in [0.25, 0.3) is 5.91 Å². The lowest BCUT2D eigenvalue weighted by molar-refractivity contribution is 0.0915. The first-order chi connectivity index (χ1) is 6.93. The Hall–Kier alpha value is -1.56. The molecule has 0 aromatic carbocycles. The number of hydrogen-bond acceptors (Lipinski definition) is 4. The van der Waals surface area contributed by atoms with E-state index in [2.05, 4.69) is 10.4 Å². The van der Waals surface area contributed by atoms with Gasteiger partial charge in [0.2, 0.25) is 0 Å². The first-order valence-corrected chi connectivity index (χ1v) is 4.68. The number of aromatic nitrogens is 2. The van der Waals surface area contributed by atoms with Gasteiger partial charge in [-0.3, -0.25) is 9.48 Å². The minimum atomic E-state index is -0.579. The molecule has 0 spiro atoms. The van der Waals surface area contributed by atoms with Gasteiger partial charge in [0.1, 0.15) is 5.69 Å². The second kappa shape index (κ2) is 4.31. The Balaban J connectivity index is 2.82. The third-order valence-corrected chi connectivity index (χ3v) is 2.04. The van der Waals surface area contributed by atoms with Crippen molar-refractivity contribution >= 4 is 11.6 Å². The van der Waals surface area contributed by atoms with Crippen LogP contribution in [0.1, 0.15) is 23.1 Å². The van der Waals surface area contributed by atoms with Crippen LogP contribution in [-0.4, -0.2) is 33.4 Å². The van der Waals surface area contributed by atoms with Crippen molar-refractivity contribution in [3.05, 3.63) is 11.4 Å². The molecule has 6 nitrogen and oxygen atoms in total.